The number of nitrogen functional groups attached to an aromatic ring is 1. The van der Waals surface area contributed by atoms with E-state index < -0.39 is 0 Å². The molecule has 0 aliphatic rings. The van der Waals surface area contributed by atoms with E-state index in [0.717, 1.165) is 35.2 Å². The summed E-state index contributed by atoms with van der Waals surface area (Å²) in [5, 5.41) is 0.991. The van der Waals surface area contributed by atoms with Crippen LogP contribution in [0.1, 0.15) is 12.0 Å². The number of anilines is 1. The van der Waals surface area contributed by atoms with Gasteiger partial charge < -0.3 is 10.5 Å². The molecule has 0 saturated heterocycles. The highest BCUT2D eigenvalue weighted by atomic mass is 79.9. The zero-order valence-corrected chi connectivity index (χ0v) is 9.30. The summed E-state index contributed by atoms with van der Waals surface area (Å²) in [4.78, 5) is 0. The molecule has 0 bridgehead atoms. The molecular weight excluding hydrogens is 230 g/mol. The fourth-order valence-electron chi connectivity index (χ4n) is 1.28. The number of hydrogen-bond acceptors (Lipinski definition) is 2. The van der Waals surface area contributed by atoms with Gasteiger partial charge >= 0.3 is 0 Å². The van der Waals surface area contributed by atoms with Gasteiger partial charge in [-0.1, -0.05) is 22.0 Å². The number of methoxy groups -OCH3 is 1. The van der Waals surface area contributed by atoms with Crippen molar-refractivity contribution in [2.75, 3.05) is 18.2 Å². The normalized spacial score (nSPS) is 10.0. The summed E-state index contributed by atoms with van der Waals surface area (Å²) < 4.78 is 5.23. The maximum Gasteiger partial charge on any atom is 0.124 e. The predicted molar refractivity (Wildman–Crippen MR) is 59.5 cm³/mol. The van der Waals surface area contributed by atoms with Gasteiger partial charge in [0.2, 0.25) is 0 Å². The van der Waals surface area contributed by atoms with Crippen LogP contribution in [0.2, 0.25) is 0 Å². The summed E-state index contributed by atoms with van der Waals surface area (Å²) in [6.45, 7) is 0. The first-order chi connectivity index (χ1) is 6.29. The van der Waals surface area contributed by atoms with Gasteiger partial charge in [-0.3, -0.25) is 0 Å². The summed E-state index contributed by atoms with van der Waals surface area (Å²) in [5.74, 6) is 0.890. The lowest BCUT2D eigenvalue weighted by Crippen LogP contribution is -1.98. The van der Waals surface area contributed by atoms with Crippen LogP contribution < -0.4 is 10.5 Å². The lowest BCUT2D eigenvalue weighted by molar-refractivity contribution is 0.410. The smallest absolute Gasteiger partial charge is 0.124 e. The maximum absolute atomic E-state index is 5.84. The summed E-state index contributed by atoms with van der Waals surface area (Å²) in [6, 6.07) is 5.76. The van der Waals surface area contributed by atoms with Crippen LogP contribution in [0.3, 0.4) is 0 Å². The monoisotopic (exact) mass is 243 g/mol. The maximum atomic E-state index is 5.84. The minimum Gasteiger partial charge on any atom is -0.496 e. The van der Waals surface area contributed by atoms with Crippen LogP contribution in [0.15, 0.2) is 18.2 Å². The van der Waals surface area contributed by atoms with Crippen molar-refractivity contribution < 1.29 is 4.74 Å². The van der Waals surface area contributed by atoms with Crippen LogP contribution in [0, 0.1) is 0 Å². The second-order valence-corrected chi connectivity index (χ2v) is 3.61. The Balaban J connectivity index is 2.87. The predicted octanol–water partition coefficient (Wildman–Crippen LogP) is 2.60. The van der Waals surface area contributed by atoms with Crippen LogP contribution >= 0.6 is 15.9 Å². The van der Waals surface area contributed by atoms with Crippen molar-refractivity contribution in [2.24, 2.45) is 0 Å². The Bertz CT molecular complexity index is 276. The van der Waals surface area contributed by atoms with Crippen LogP contribution in [0.5, 0.6) is 5.75 Å². The Morgan fingerprint density at radius 3 is 2.85 bits per heavy atom. The van der Waals surface area contributed by atoms with E-state index >= 15 is 0 Å². The molecule has 0 heterocycles. The van der Waals surface area contributed by atoms with E-state index in [2.05, 4.69) is 15.9 Å². The fraction of sp³-hybridized carbons (Fsp3) is 0.400. The number of rotatable bonds is 4. The summed E-state index contributed by atoms with van der Waals surface area (Å²) >= 11 is 3.40. The topological polar surface area (TPSA) is 35.2 Å². The Morgan fingerprint density at radius 2 is 2.23 bits per heavy atom. The Labute approximate surface area is 87.2 Å². The Hall–Kier alpha value is -0.700. The SMILES string of the molecule is COc1cccc(N)c1CCCBr. The van der Waals surface area contributed by atoms with Crippen molar-refractivity contribution in [2.45, 2.75) is 12.8 Å². The van der Waals surface area contributed by atoms with E-state index in [1.165, 1.54) is 0 Å². The standard InChI is InChI=1S/C10H14BrNO/c1-13-10-6-2-5-9(12)8(10)4-3-7-11/h2,5-6H,3-4,7,12H2,1H3. The molecular formula is C10H14BrNO. The second kappa shape index (κ2) is 5.12. The second-order valence-electron chi connectivity index (χ2n) is 2.82. The molecule has 0 unspecified atom stereocenters. The lowest BCUT2D eigenvalue weighted by Gasteiger charge is -2.09. The van der Waals surface area contributed by atoms with E-state index in [1.807, 2.05) is 18.2 Å². The van der Waals surface area contributed by atoms with Gasteiger partial charge in [-0.25, -0.2) is 0 Å². The van der Waals surface area contributed by atoms with Gasteiger partial charge in [0.05, 0.1) is 7.11 Å². The molecule has 3 heteroatoms. The molecule has 1 aromatic carbocycles. The largest absolute Gasteiger partial charge is 0.496 e. The molecule has 0 saturated carbocycles. The van der Waals surface area contributed by atoms with E-state index in [-0.39, 0.29) is 0 Å². The molecule has 72 valence electrons. The molecule has 1 aromatic rings. The van der Waals surface area contributed by atoms with Crippen LogP contribution in [0.25, 0.3) is 0 Å². The number of alkyl halides is 1. The molecule has 0 aromatic heterocycles. The minimum atomic E-state index is 0.820. The Morgan fingerprint density at radius 1 is 1.46 bits per heavy atom. The van der Waals surface area contributed by atoms with Gasteiger partial charge in [0.1, 0.15) is 5.75 Å². The minimum absolute atomic E-state index is 0.820. The molecule has 0 aliphatic carbocycles. The van der Waals surface area contributed by atoms with Crippen molar-refractivity contribution in [3.8, 4) is 5.75 Å². The van der Waals surface area contributed by atoms with E-state index in [0.29, 0.717) is 0 Å². The van der Waals surface area contributed by atoms with Crippen molar-refractivity contribution >= 4 is 21.6 Å². The third-order valence-corrected chi connectivity index (χ3v) is 2.51. The van der Waals surface area contributed by atoms with Crippen molar-refractivity contribution in [3.63, 3.8) is 0 Å². The van der Waals surface area contributed by atoms with Crippen LogP contribution in [0.4, 0.5) is 5.69 Å². The molecule has 0 atom stereocenters. The molecule has 13 heavy (non-hydrogen) atoms. The zero-order chi connectivity index (χ0) is 9.68. The highest BCUT2D eigenvalue weighted by Gasteiger charge is 2.05. The molecule has 0 aliphatic heterocycles. The van der Waals surface area contributed by atoms with E-state index in [9.17, 15) is 0 Å². The van der Waals surface area contributed by atoms with Crippen molar-refractivity contribution in [1.82, 2.24) is 0 Å². The molecule has 2 nitrogen and oxygen atoms in total. The highest BCUT2D eigenvalue weighted by Crippen LogP contribution is 2.25. The highest BCUT2D eigenvalue weighted by molar-refractivity contribution is 9.09. The number of nitrogens with two attached hydrogens (primary N) is 1. The summed E-state index contributed by atoms with van der Waals surface area (Å²) in [5.41, 5.74) is 7.78. The van der Waals surface area contributed by atoms with Crippen LogP contribution in [-0.4, -0.2) is 12.4 Å². The quantitative estimate of drug-likeness (QED) is 0.652. The average molecular weight is 244 g/mol. The number of halogens is 1. The third-order valence-electron chi connectivity index (χ3n) is 1.95. The molecule has 2 N–H and O–H groups in total. The van der Waals surface area contributed by atoms with Gasteiger partial charge in [-0.15, -0.1) is 0 Å². The average Bonchev–Trinajstić information content (AvgIpc) is 2.15. The first-order valence-electron chi connectivity index (χ1n) is 4.27. The van der Waals surface area contributed by atoms with Crippen molar-refractivity contribution in [3.05, 3.63) is 23.8 Å². The molecule has 0 radical (unpaired) electrons. The van der Waals surface area contributed by atoms with Gasteiger partial charge in [0.25, 0.3) is 0 Å². The zero-order valence-electron chi connectivity index (χ0n) is 7.72. The lowest BCUT2D eigenvalue weighted by atomic mass is 10.1. The van der Waals surface area contributed by atoms with Crippen molar-refractivity contribution in [1.29, 1.82) is 0 Å². The number of ether oxygens (including phenoxy) is 1. The number of benzene rings is 1. The van der Waals surface area contributed by atoms with Gasteiger partial charge in [-0.05, 0) is 25.0 Å². The molecule has 1 rings (SSSR count). The third kappa shape index (κ3) is 2.62. The van der Waals surface area contributed by atoms with Gasteiger partial charge in [-0.2, -0.15) is 0 Å². The molecule has 0 fully saturated rings. The molecule has 0 spiro atoms. The van der Waals surface area contributed by atoms with Gasteiger partial charge in [0, 0.05) is 16.6 Å². The molecule has 0 amide bonds. The first-order valence-corrected chi connectivity index (χ1v) is 5.39. The van der Waals surface area contributed by atoms with E-state index in [4.69, 9.17) is 10.5 Å². The van der Waals surface area contributed by atoms with Gasteiger partial charge in [0.15, 0.2) is 0 Å². The van der Waals surface area contributed by atoms with Crippen LogP contribution in [-0.2, 0) is 6.42 Å². The summed E-state index contributed by atoms with van der Waals surface area (Å²) in [7, 11) is 1.67. The van der Waals surface area contributed by atoms with E-state index in [1.54, 1.807) is 7.11 Å². The fourth-order valence-corrected chi connectivity index (χ4v) is 1.57. The summed E-state index contributed by atoms with van der Waals surface area (Å²) in [6.07, 6.45) is 2.03. The Kier molecular flexibility index (Phi) is 4.09. The number of hydrogen-bond donors (Lipinski definition) is 1. The first kappa shape index (κ1) is 10.4.